The van der Waals surface area contributed by atoms with Crippen molar-refractivity contribution in [2.75, 3.05) is 5.32 Å². The maximum absolute atomic E-state index is 12.1. The van der Waals surface area contributed by atoms with Crippen molar-refractivity contribution in [2.24, 2.45) is 0 Å². The summed E-state index contributed by atoms with van der Waals surface area (Å²) < 4.78 is 1.27. The summed E-state index contributed by atoms with van der Waals surface area (Å²) in [5.41, 5.74) is 0.988. The highest BCUT2D eigenvalue weighted by Gasteiger charge is 2.14. The van der Waals surface area contributed by atoms with Gasteiger partial charge in [-0.3, -0.25) is 4.79 Å². The minimum atomic E-state index is -0.231. The summed E-state index contributed by atoms with van der Waals surface area (Å²) >= 11 is 1.73. The van der Waals surface area contributed by atoms with Gasteiger partial charge in [0.25, 0.3) is 0 Å². The predicted octanol–water partition coefficient (Wildman–Crippen LogP) is 4.01. The molecule has 1 amide bonds. The third kappa shape index (κ3) is 3.73. The molecule has 2 atom stereocenters. The topological polar surface area (TPSA) is 41.1 Å². The monoisotopic (exact) mass is 290 g/mol. The van der Waals surface area contributed by atoms with Gasteiger partial charge in [0, 0.05) is 16.4 Å². The number of hydrogen-bond acceptors (Lipinski definition) is 3. The van der Waals surface area contributed by atoms with Crippen LogP contribution in [-0.4, -0.2) is 18.0 Å². The zero-order chi connectivity index (χ0) is 14.5. The number of carbonyl (C=O) groups is 1. The maximum Gasteiger partial charge on any atom is 0.242 e. The van der Waals surface area contributed by atoms with E-state index in [0.717, 1.165) is 18.5 Å². The largest absolute Gasteiger partial charge is 0.374 e. The molecular formula is C16H22N2OS. The number of amides is 1. The van der Waals surface area contributed by atoms with E-state index in [-0.39, 0.29) is 18.0 Å². The number of fused-ring (bicyclic) bond motifs is 1. The second-order valence-electron chi connectivity index (χ2n) is 5.24. The van der Waals surface area contributed by atoms with Crippen molar-refractivity contribution in [3.63, 3.8) is 0 Å². The summed E-state index contributed by atoms with van der Waals surface area (Å²) in [5.74, 6) is 0.0522. The Labute approximate surface area is 124 Å². The Hall–Kier alpha value is -1.55. The van der Waals surface area contributed by atoms with E-state index in [0.29, 0.717) is 0 Å². The lowest BCUT2D eigenvalue weighted by Crippen LogP contribution is -2.42. The van der Waals surface area contributed by atoms with Crippen molar-refractivity contribution in [3.8, 4) is 0 Å². The molecule has 1 aromatic carbocycles. The van der Waals surface area contributed by atoms with E-state index in [4.69, 9.17) is 0 Å². The van der Waals surface area contributed by atoms with Gasteiger partial charge in [-0.05, 0) is 55.3 Å². The molecule has 1 heterocycles. The Morgan fingerprint density at radius 2 is 2.10 bits per heavy atom. The van der Waals surface area contributed by atoms with E-state index in [1.54, 1.807) is 11.3 Å². The first-order valence-corrected chi connectivity index (χ1v) is 8.02. The molecule has 2 aromatic rings. The molecule has 0 aliphatic carbocycles. The smallest absolute Gasteiger partial charge is 0.242 e. The molecule has 20 heavy (non-hydrogen) atoms. The molecule has 0 bridgehead atoms. The van der Waals surface area contributed by atoms with Gasteiger partial charge in [-0.15, -0.1) is 11.3 Å². The van der Waals surface area contributed by atoms with E-state index < -0.39 is 0 Å². The summed E-state index contributed by atoms with van der Waals surface area (Å²) in [5, 5.41) is 9.59. The lowest BCUT2D eigenvalue weighted by atomic mass is 10.1. The average Bonchev–Trinajstić information content (AvgIpc) is 2.86. The van der Waals surface area contributed by atoms with Crippen LogP contribution >= 0.6 is 11.3 Å². The van der Waals surface area contributed by atoms with E-state index in [1.807, 2.05) is 19.9 Å². The Balaban J connectivity index is 1.95. The van der Waals surface area contributed by atoms with E-state index >= 15 is 0 Å². The van der Waals surface area contributed by atoms with Crippen LogP contribution in [0.15, 0.2) is 29.6 Å². The van der Waals surface area contributed by atoms with Crippen molar-refractivity contribution in [2.45, 2.75) is 45.7 Å². The highest BCUT2D eigenvalue weighted by atomic mass is 32.1. The fourth-order valence-electron chi connectivity index (χ4n) is 2.25. The van der Waals surface area contributed by atoms with Crippen molar-refractivity contribution < 1.29 is 4.79 Å². The molecule has 2 rings (SSSR count). The third-order valence-electron chi connectivity index (χ3n) is 3.34. The summed E-state index contributed by atoms with van der Waals surface area (Å²) in [6, 6.07) is 8.30. The average molecular weight is 290 g/mol. The molecule has 0 fully saturated rings. The van der Waals surface area contributed by atoms with Gasteiger partial charge in [-0.25, -0.2) is 0 Å². The van der Waals surface area contributed by atoms with Gasteiger partial charge in [-0.2, -0.15) is 0 Å². The maximum atomic E-state index is 12.1. The molecule has 108 valence electrons. The quantitative estimate of drug-likeness (QED) is 0.844. The molecule has 0 aliphatic heterocycles. The first-order valence-electron chi connectivity index (χ1n) is 7.14. The summed E-state index contributed by atoms with van der Waals surface area (Å²) in [7, 11) is 0. The summed E-state index contributed by atoms with van der Waals surface area (Å²) in [4.78, 5) is 12.1. The second kappa shape index (κ2) is 6.75. The highest BCUT2D eigenvalue weighted by molar-refractivity contribution is 7.17. The molecule has 4 heteroatoms. The summed E-state index contributed by atoms with van der Waals surface area (Å²) in [6.45, 7) is 6.07. The number of hydrogen-bond donors (Lipinski definition) is 2. The number of benzene rings is 1. The van der Waals surface area contributed by atoms with Gasteiger partial charge in [0.2, 0.25) is 5.91 Å². The fourth-order valence-corrected chi connectivity index (χ4v) is 3.02. The van der Waals surface area contributed by atoms with Crippen molar-refractivity contribution in [3.05, 3.63) is 29.6 Å². The number of anilines is 1. The Kier molecular flexibility index (Phi) is 5.01. The first-order chi connectivity index (χ1) is 9.60. The molecule has 0 radical (unpaired) electrons. The zero-order valence-corrected chi connectivity index (χ0v) is 13.1. The van der Waals surface area contributed by atoms with Crippen LogP contribution in [0.5, 0.6) is 0 Å². The SMILES string of the molecule is CCCC(C)NC(=O)C(C)Nc1ccc2sccc2c1. The van der Waals surface area contributed by atoms with E-state index in [9.17, 15) is 4.79 Å². The number of rotatable bonds is 6. The zero-order valence-electron chi connectivity index (χ0n) is 12.3. The van der Waals surface area contributed by atoms with Crippen molar-refractivity contribution in [1.82, 2.24) is 5.32 Å². The van der Waals surface area contributed by atoms with Gasteiger partial charge >= 0.3 is 0 Å². The van der Waals surface area contributed by atoms with Gasteiger partial charge in [0.1, 0.15) is 6.04 Å². The van der Waals surface area contributed by atoms with Crippen LogP contribution in [0, 0.1) is 0 Å². The van der Waals surface area contributed by atoms with Crippen LogP contribution in [0.2, 0.25) is 0 Å². The minimum Gasteiger partial charge on any atom is -0.374 e. The first kappa shape index (κ1) is 14.9. The van der Waals surface area contributed by atoms with Crippen molar-refractivity contribution in [1.29, 1.82) is 0 Å². The third-order valence-corrected chi connectivity index (χ3v) is 4.24. The van der Waals surface area contributed by atoms with Gasteiger partial charge in [0.05, 0.1) is 0 Å². The molecule has 0 saturated heterocycles. The molecule has 0 aliphatic rings. The lowest BCUT2D eigenvalue weighted by molar-refractivity contribution is -0.122. The number of thiophene rings is 1. The molecular weight excluding hydrogens is 268 g/mol. The van der Waals surface area contributed by atoms with Crippen LogP contribution in [0.1, 0.15) is 33.6 Å². The van der Waals surface area contributed by atoms with E-state index in [1.165, 1.54) is 10.1 Å². The van der Waals surface area contributed by atoms with Crippen LogP contribution in [0.3, 0.4) is 0 Å². The lowest BCUT2D eigenvalue weighted by Gasteiger charge is -2.19. The molecule has 2 unspecified atom stereocenters. The molecule has 2 N–H and O–H groups in total. The van der Waals surface area contributed by atoms with Gasteiger partial charge in [-0.1, -0.05) is 13.3 Å². The van der Waals surface area contributed by atoms with Gasteiger partial charge < -0.3 is 10.6 Å². The molecule has 3 nitrogen and oxygen atoms in total. The standard InChI is InChI=1S/C16H22N2OS/c1-4-5-11(2)17-16(19)12(3)18-14-6-7-15-13(10-14)8-9-20-15/h6-12,18H,4-5H2,1-3H3,(H,17,19). The van der Waals surface area contributed by atoms with Crippen LogP contribution < -0.4 is 10.6 Å². The minimum absolute atomic E-state index is 0.0522. The van der Waals surface area contributed by atoms with Crippen LogP contribution in [0.25, 0.3) is 10.1 Å². The fraction of sp³-hybridized carbons (Fsp3) is 0.438. The Morgan fingerprint density at radius 1 is 1.30 bits per heavy atom. The molecule has 0 spiro atoms. The normalized spacial score (nSPS) is 13.9. The predicted molar refractivity (Wildman–Crippen MR) is 87.4 cm³/mol. The second-order valence-corrected chi connectivity index (χ2v) is 6.19. The molecule has 0 saturated carbocycles. The van der Waals surface area contributed by atoms with E-state index in [2.05, 4.69) is 41.1 Å². The number of nitrogens with one attached hydrogen (secondary N) is 2. The Bertz CT molecular complexity index is 579. The van der Waals surface area contributed by atoms with Gasteiger partial charge in [0.15, 0.2) is 0 Å². The summed E-state index contributed by atoms with van der Waals surface area (Å²) in [6.07, 6.45) is 2.09. The molecule has 1 aromatic heterocycles. The Morgan fingerprint density at radius 3 is 2.85 bits per heavy atom. The van der Waals surface area contributed by atoms with Crippen LogP contribution in [-0.2, 0) is 4.79 Å². The van der Waals surface area contributed by atoms with Crippen molar-refractivity contribution >= 4 is 33.0 Å². The van der Waals surface area contributed by atoms with Crippen LogP contribution in [0.4, 0.5) is 5.69 Å². The highest BCUT2D eigenvalue weighted by Crippen LogP contribution is 2.24. The number of carbonyl (C=O) groups excluding carboxylic acids is 1.